The average molecular weight is 260 g/mol. The maximum Gasteiger partial charge on any atom is 0.139 e. The standard InChI is InChI=1S/C14H17FN4/c1-19(9-11-2-5-13(15)6-3-11)10-12-4-7-14(18-16)17-8-12/h2-8H,9-10,16H2,1H3,(H,17,18). The third kappa shape index (κ3) is 4.01. The van der Waals surface area contributed by atoms with Crippen LogP contribution in [0.15, 0.2) is 42.6 Å². The van der Waals surface area contributed by atoms with Crippen molar-refractivity contribution in [1.82, 2.24) is 9.88 Å². The van der Waals surface area contributed by atoms with E-state index in [1.165, 1.54) is 12.1 Å². The number of rotatable bonds is 5. The van der Waals surface area contributed by atoms with E-state index in [2.05, 4.69) is 15.3 Å². The van der Waals surface area contributed by atoms with Gasteiger partial charge in [-0.15, -0.1) is 0 Å². The van der Waals surface area contributed by atoms with Crippen molar-refractivity contribution < 1.29 is 4.39 Å². The van der Waals surface area contributed by atoms with Gasteiger partial charge in [0.25, 0.3) is 0 Å². The van der Waals surface area contributed by atoms with Gasteiger partial charge >= 0.3 is 0 Å². The summed E-state index contributed by atoms with van der Waals surface area (Å²) in [7, 11) is 2.01. The number of nitrogen functional groups attached to an aromatic ring is 1. The van der Waals surface area contributed by atoms with E-state index in [9.17, 15) is 4.39 Å². The molecule has 1 heterocycles. The Morgan fingerprint density at radius 1 is 1.11 bits per heavy atom. The van der Waals surface area contributed by atoms with Crippen LogP contribution in [0.25, 0.3) is 0 Å². The van der Waals surface area contributed by atoms with Crippen molar-refractivity contribution in [2.24, 2.45) is 5.84 Å². The molecule has 0 unspecified atom stereocenters. The van der Waals surface area contributed by atoms with E-state index in [-0.39, 0.29) is 5.82 Å². The van der Waals surface area contributed by atoms with E-state index in [0.717, 1.165) is 24.2 Å². The number of nitrogens with two attached hydrogens (primary N) is 1. The van der Waals surface area contributed by atoms with Crippen molar-refractivity contribution in [2.45, 2.75) is 13.1 Å². The summed E-state index contributed by atoms with van der Waals surface area (Å²) in [5, 5.41) is 0. The summed E-state index contributed by atoms with van der Waals surface area (Å²) in [5.74, 6) is 5.70. The molecule has 0 spiro atoms. The highest BCUT2D eigenvalue weighted by atomic mass is 19.1. The number of halogens is 1. The van der Waals surface area contributed by atoms with Crippen LogP contribution in [0.1, 0.15) is 11.1 Å². The molecule has 100 valence electrons. The molecular formula is C14H17FN4. The lowest BCUT2D eigenvalue weighted by Gasteiger charge is -2.16. The first-order valence-electron chi connectivity index (χ1n) is 6.02. The highest BCUT2D eigenvalue weighted by molar-refractivity contribution is 5.33. The van der Waals surface area contributed by atoms with Gasteiger partial charge in [0.1, 0.15) is 11.6 Å². The largest absolute Gasteiger partial charge is 0.308 e. The molecular weight excluding hydrogens is 243 g/mol. The van der Waals surface area contributed by atoms with Crippen LogP contribution in [-0.4, -0.2) is 16.9 Å². The van der Waals surface area contributed by atoms with Gasteiger partial charge in [0.2, 0.25) is 0 Å². The van der Waals surface area contributed by atoms with Crippen LogP contribution < -0.4 is 11.3 Å². The Morgan fingerprint density at radius 3 is 2.32 bits per heavy atom. The van der Waals surface area contributed by atoms with Gasteiger partial charge in [0, 0.05) is 19.3 Å². The molecule has 0 atom stereocenters. The molecule has 0 aliphatic carbocycles. The van der Waals surface area contributed by atoms with Crippen molar-refractivity contribution in [3.05, 3.63) is 59.5 Å². The summed E-state index contributed by atoms with van der Waals surface area (Å²) in [6.07, 6.45) is 1.79. The number of hydrogen-bond acceptors (Lipinski definition) is 4. The second-order valence-corrected chi connectivity index (χ2v) is 4.49. The molecule has 0 aliphatic heterocycles. The summed E-state index contributed by atoms with van der Waals surface area (Å²) in [6.45, 7) is 1.53. The first-order chi connectivity index (χ1) is 9.17. The number of aromatic nitrogens is 1. The fourth-order valence-corrected chi connectivity index (χ4v) is 1.87. The Labute approximate surface area is 112 Å². The summed E-state index contributed by atoms with van der Waals surface area (Å²) in [4.78, 5) is 6.30. The predicted octanol–water partition coefficient (Wildman–Crippen LogP) is 2.14. The van der Waals surface area contributed by atoms with Crippen molar-refractivity contribution in [1.29, 1.82) is 0 Å². The molecule has 19 heavy (non-hydrogen) atoms. The minimum Gasteiger partial charge on any atom is -0.308 e. The molecule has 4 nitrogen and oxygen atoms in total. The van der Waals surface area contributed by atoms with E-state index in [1.54, 1.807) is 18.3 Å². The summed E-state index contributed by atoms with van der Waals surface area (Å²) in [6, 6.07) is 10.4. The van der Waals surface area contributed by atoms with E-state index in [4.69, 9.17) is 5.84 Å². The van der Waals surface area contributed by atoms with Crippen LogP contribution in [0.5, 0.6) is 0 Å². The van der Waals surface area contributed by atoms with Gasteiger partial charge in [-0.05, 0) is 36.4 Å². The van der Waals surface area contributed by atoms with Crippen LogP contribution in [0.4, 0.5) is 10.2 Å². The number of anilines is 1. The molecule has 1 aromatic carbocycles. The summed E-state index contributed by atoms with van der Waals surface area (Å²) >= 11 is 0. The van der Waals surface area contributed by atoms with Crippen molar-refractivity contribution >= 4 is 5.82 Å². The smallest absolute Gasteiger partial charge is 0.139 e. The fraction of sp³-hybridized carbons (Fsp3) is 0.214. The minimum absolute atomic E-state index is 0.208. The van der Waals surface area contributed by atoms with Crippen LogP contribution in [0.2, 0.25) is 0 Å². The van der Waals surface area contributed by atoms with Crippen molar-refractivity contribution in [3.63, 3.8) is 0 Å². The number of nitrogens with zero attached hydrogens (tertiary/aromatic N) is 2. The van der Waals surface area contributed by atoms with Crippen LogP contribution >= 0.6 is 0 Å². The molecule has 3 N–H and O–H groups in total. The number of nitrogens with one attached hydrogen (secondary N) is 1. The first kappa shape index (κ1) is 13.5. The Bertz CT molecular complexity index is 510. The zero-order valence-electron chi connectivity index (χ0n) is 10.8. The van der Waals surface area contributed by atoms with Gasteiger partial charge in [-0.1, -0.05) is 18.2 Å². The molecule has 2 aromatic rings. The van der Waals surface area contributed by atoms with Crippen LogP contribution in [0.3, 0.4) is 0 Å². The molecule has 0 amide bonds. The van der Waals surface area contributed by atoms with Gasteiger partial charge in [-0.2, -0.15) is 0 Å². The lowest BCUT2D eigenvalue weighted by Crippen LogP contribution is -2.17. The van der Waals surface area contributed by atoms with E-state index >= 15 is 0 Å². The second-order valence-electron chi connectivity index (χ2n) is 4.49. The molecule has 0 saturated carbocycles. The SMILES string of the molecule is CN(Cc1ccc(F)cc1)Cc1ccc(NN)nc1. The van der Waals surface area contributed by atoms with Crippen molar-refractivity contribution in [2.75, 3.05) is 12.5 Å². The Morgan fingerprint density at radius 2 is 1.74 bits per heavy atom. The monoisotopic (exact) mass is 260 g/mol. The molecule has 1 aromatic heterocycles. The highest BCUT2D eigenvalue weighted by Crippen LogP contribution is 2.10. The van der Waals surface area contributed by atoms with Gasteiger partial charge < -0.3 is 5.43 Å². The van der Waals surface area contributed by atoms with E-state index < -0.39 is 0 Å². The van der Waals surface area contributed by atoms with Gasteiger partial charge in [-0.3, -0.25) is 4.90 Å². The van der Waals surface area contributed by atoms with Crippen LogP contribution in [0, 0.1) is 5.82 Å². The maximum absolute atomic E-state index is 12.8. The lowest BCUT2D eigenvalue weighted by atomic mass is 10.2. The van der Waals surface area contributed by atoms with Gasteiger partial charge in [0.15, 0.2) is 0 Å². The topological polar surface area (TPSA) is 54.2 Å². The number of pyridine rings is 1. The minimum atomic E-state index is -0.208. The van der Waals surface area contributed by atoms with Crippen molar-refractivity contribution in [3.8, 4) is 0 Å². The Hall–Kier alpha value is -1.98. The Balaban J connectivity index is 1.92. The summed E-state index contributed by atoms with van der Waals surface area (Å²) < 4.78 is 12.8. The van der Waals surface area contributed by atoms with Gasteiger partial charge in [0.05, 0.1) is 0 Å². The summed E-state index contributed by atoms with van der Waals surface area (Å²) in [5.41, 5.74) is 4.67. The fourth-order valence-electron chi connectivity index (χ4n) is 1.87. The molecule has 0 fully saturated rings. The molecule has 0 radical (unpaired) electrons. The molecule has 0 saturated heterocycles. The molecule has 2 rings (SSSR count). The van der Waals surface area contributed by atoms with E-state index in [0.29, 0.717) is 5.82 Å². The average Bonchev–Trinajstić information content (AvgIpc) is 2.42. The third-order valence-corrected chi connectivity index (χ3v) is 2.79. The second kappa shape index (κ2) is 6.26. The van der Waals surface area contributed by atoms with Gasteiger partial charge in [-0.25, -0.2) is 15.2 Å². The first-order valence-corrected chi connectivity index (χ1v) is 6.02. The molecule has 5 heteroatoms. The highest BCUT2D eigenvalue weighted by Gasteiger charge is 2.03. The molecule has 0 aliphatic rings. The zero-order valence-corrected chi connectivity index (χ0v) is 10.8. The predicted molar refractivity (Wildman–Crippen MR) is 73.6 cm³/mol. The number of benzene rings is 1. The van der Waals surface area contributed by atoms with E-state index in [1.807, 2.05) is 19.2 Å². The number of hydrogen-bond donors (Lipinski definition) is 2. The van der Waals surface area contributed by atoms with Crippen LogP contribution in [-0.2, 0) is 13.1 Å². The third-order valence-electron chi connectivity index (χ3n) is 2.79. The zero-order chi connectivity index (χ0) is 13.7. The maximum atomic E-state index is 12.8. The number of hydrazine groups is 1. The molecule has 0 bridgehead atoms. The normalized spacial score (nSPS) is 10.7. The Kier molecular flexibility index (Phi) is 4.43. The quantitative estimate of drug-likeness (QED) is 0.639. The lowest BCUT2D eigenvalue weighted by molar-refractivity contribution is 0.318.